The van der Waals surface area contributed by atoms with E-state index in [4.69, 9.17) is 10.2 Å². The van der Waals surface area contributed by atoms with Gasteiger partial charge in [-0.3, -0.25) is 0 Å². The van der Waals surface area contributed by atoms with E-state index in [1.165, 1.54) is 0 Å². The molecule has 2 N–H and O–H groups in total. The first kappa shape index (κ1) is 9.08. The lowest BCUT2D eigenvalue weighted by Crippen LogP contribution is -1.82. The zero-order valence-corrected chi connectivity index (χ0v) is 6.14. The van der Waals surface area contributed by atoms with Crippen LogP contribution in [0.4, 0.5) is 0 Å². The highest BCUT2D eigenvalue weighted by Crippen LogP contribution is 2.06. The maximum atomic E-state index is 8.64. The summed E-state index contributed by atoms with van der Waals surface area (Å²) in [6.45, 7) is 6.68. The molecule has 0 amide bonds. The Morgan fingerprint density at radius 1 is 0.900 bits per heavy atom. The lowest BCUT2D eigenvalue weighted by atomic mass is 10.1. The van der Waals surface area contributed by atoms with E-state index in [2.05, 4.69) is 13.2 Å². The standard InChI is InChI=1S/C8H14O2/c1-7(9)5-3-4-6-8(2)10/h9-10H,1-6H2. The third-order valence-corrected chi connectivity index (χ3v) is 1.18. The Hall–Kier alpha value is -0.920. The minimum Gasteiger partial charge on any atom is -0.513 e. The first-order valence-electron chi connectivity index (χ1n) is 3.36. The second kappa shape index (κ2) is 4.91. The van der Waals surface area contributed by atoms with Crippen LogP contribution in [0.3, 0.4) is 0 Å². The second-order valence-corrected chi connectivity index (χ2v) is 2.34. The van der Waals surface area contributed by atoms with Crippen LogP contribution >= 0.6 is 0 Å². The number of hydrogen-bond donors (Lipinski definition) is 2. The van der Waals surface area contributed by atoms with E-state index in [9.17, 15) is 0 Å². The van der Waals surface area contributed by atoms with Gasteiger partial charge in [-0.25, -0.2) is 0 Å². The SMILES string of the molecule is C=C(O)CCCCC(=C)O. The Morgan fingerprint density at radius 2 is 1.20 bits per heavy atom. The van der Waals surface area contributed by atoms with Gasteiger partial charge in [-0.05, 0) is 12.8 Å². The van der Waals surface area contributed by atoms with Crippen molar-refractivity contribution < 1.29 is 10.2 Å². The molecule has 0 aromatic heterocycles. The first-order valence-corrected chi connectivity index (χ1v) is 3.36. The zero-order chi connectivity index (χ0) is 7.98. The Bertz CT molecular complexity index is 111. The van der Waals surface area contributed by atoms with Crippen LogP contribution in [0.1, 0.15) is 25.7 Å². The van der Waals surface area contributed by atoms with Gasteiger partial charge in [-0.15, -0.1) is 0 Å². The number of rotatable bonds is 5. The Kier molecular flexibility index (Phi) is 4.46. The molecule has 0 rings (SSSR count). The van der Waals surface area contributed by atoms with Crippen molar-refractivity contribution in [1.82, 2.24) is 0 Å². The van der Waals surface area contributed by atoms with Gasteiger partial charge in [0.1, 0.15) is 0 Å². The fraction of sp³-hybridized carbons (Fsp3) is 0.500. The molecule has 0 bridgehead atoms. The molecule has 0 saturated carbocycles. The lowest BCUT2D eigenvalue weighted by Gasteiger charge is -1.97. The van der Waals surface area contributed by atoms with E-state index in [1.807, 2.05) is 0 Å². The van der Waals surface area contributed by atoms with Crippen LogP contribution in [-0.2, 0) is 0 Å². The third kappa shape index (κ3) is 7.08. The molecule has 0 fully saturated rings. The normalized spacial score (nSPS) is 9.20. The van der Waals surface area contributed by atoms with E-state index in [1.54, 1.807) is 0 Å². The van der Waals surface area contributed by atoms with E-state index in [-0.39, 0.29) is 11.5 Å². The van der Waals surface area contributed by atoms with Crippen molar-refractivity contribution in [2.75, 3.05) is 0 Å². The Labute approximate surface area is 61.5 Å². The van der Waals surface area contributed by atoms with E-state index < -0.39 is 0 Å². The van der Waals surface area contributed by atoms with Gasteiger partial charge in [-0.1, -0.05) is 13.2 Å². The highest BCUT2D eigenvalue weighted by Gasteiger charge is 1.92. The average Bonchev–Trinajstić information content (AvgIpc) is 1.79. The van der Waals surface area contributed by atoms with Crippen LogP contribution < -0.4 is 0 Å². The van der Waals surface area contributed by atoms with Crippen LogP contribution in [0.2, 0.25) is 0 Å². The quantitative estimate of drug-likeness (QED) is 0.457. The maximum absolute atomic E-state index is 8.64. The maximum Gasteiger partial charge on any atom is 0.0851 e. The number of unbranched alkanes of at least 4 members (excludes halogenated alkanes) is 1. The zero-order valence-electron chi connectivity index (χ0n) is 6.14. The molecule has 0 aliphatic carbocycles. The van der Waals surface area contributed by atoms with Crippen LogP contribution in [0.15, 0.2) is 24.7 Å². The minimum atomic E-state index is 0.212. The first-order chi connectivity index (χ1) is 4.63. The van der Waals surface area contributed by atoms with Gasteiger partial charge in [0, 0.05) is 12.8 Å². The smallest absolute Gasteiger partial charge is 0.0851 e. The Balaban J connectivity index is 3.06. The van der Waals surface area contributed by atoms with E-state index >= 15 is 0 Å². The second-order valence-electron chi connectivity index (χ2n) is 2.34. The summed E-state index contributed by atoms with van der Waals surface area (Å²) in [7, 11) is 0. The largest absolute Gasteiger partial charge is 0.513 e. The molecule has 0 saturated heterocycles. The molecule has 0 heterocycles. The summed E-state index contributed by atoms with van der Waals surface area (Å²) in [6, 6.07) is 0. The molecule has 0 aliphatic heterocycles. The van der Waals surface area contributed by atoms with E-state index in [0.717, 1.165) is 12.8 Å². The van der Waals surface area contributed by atoms with Crippen LogP contribution in [0.25, 0.3) is 0 Å². The fourth-order valence-corrected chi connectivity index (χ4v) is 0.658. The Morgan fingerprint density at radius 3 is 1.40 bits per heavy atom. The van der Waals surface area contributed by atoms with Crippen molar-refractivity contribution in [2.24, 2.45) is 0 Å². The van der Waals surface area contributed by atoms with Crippen LogP contribution in [0, 0.1) is 0 Å². The molecular weight excluding hydrogens is 128 g/mol. The van der Waals surface area contributed by atoms with Crippen LogP contribution in [0.5, 0.6) is 0 Å². The molecule has 0 radical (unpaired) electrons. The highest BCUT2D eigenvalue weighted by molar-refractivity contribution is 4.81. The minimum absolute atomic E-state index is 0.212. The van der Waals surface area contributed by atoms with Gasteiger partial charge in [0.15, 0.2) is 0 Å². The summed E-state index contributed by atoms with van der Waals surface area (Å²) in [5, 5.41) is 17.3. The average molecular weight is 142 g/mol. The van der Waals surface area contributed by atoms with Crippen molar-refractivity contribution in [3.63, 3.8) is 0 Å². The molecule has 58 valence electrons. The third-order valence-electron chi connectivity index (χ3n) is 1.18. The predicted molar refractivity (Wildman–Crippen MR) is 42.0 cm³/mol. The summed E-state index contributed by atoms with van der Waals surface area (Å²) >= 11 is 0. The summed E-state index contributed by atoms with van der Waals surface area (Å²) in [6.07, 6.45) is 2.95. The van der Waals surface area contributed by atoms with Crippen molar-refractivity contribution in [3.05, 3.63) is 24.7 Å². The molecule has 2 nitrogen and oxygen atoms in total. The molecule has 0 aromatic rings. The summed E-state index contributed by atoms with van der Waals surface area (Å²) in [5.74, 6) is 0.423. The summed E-state index contributed by atoms with van der Waals surface area (Å²) in [4.78, 5) is 0. The molecule has 10 heavy (non-hydrogen) atoms. The monoisotopic (exact) mass is 142 g/mol. The van der Waals surface area contributed by atoms with Gasteiger partial charge < -0.3 is 10.2 Å². The van der Waals surface area contributed by atoms with Gasteiger partial charge in [0.25, 0.3) is 0 Å². The number of aliphatic hydroxyl groups excluding tert-OH is 2. The van der Waals surface area contributed by atoms with Crippen molar-refractivity contribution in [3.8, 4) is 0 Å². The molecule has 0 spiro atoms. The number of hydrogen-bond acceptors (Lipinski definition) is 2. The summed E-state index contributed by atoms with van der Waals surface area (Å²) < 4.78 is 0. The van der Waals surface area contributed by atoms with Crippen molar-refractivity contribution >= 4 is 0 Å². The molecule has 0 aromatic carbocycles. The van der Waals surface area contributed by atoms with Crippen molar-refractivity contribution in [2.45, 2.75) is 25.7 Å². The van der Waals surface area contributed by atoms with Gasteiger partial charge in [0.2, 0.25) is 0 Å². The predicted octanol–water partition coefficient (Wildman–Crippen LogP) is 2.69. The summed E-state index contributed by atoms with van der Waals surface area (Å²) in [5.41, 5.74) is 0. The molecule has 2 heteroatoms. The van der Waals surface area contributed by atoms with Crippen molar-refractivity contribution in [1.29, 1.82) is 0 Å². The van der Waals surface area contributed by atoms with E-state index in [0.29, 0.717) is 12.8 Å². The molecular formula is C8H14O2. The van der Waals surface area contributed by atoms with Crippen LogP contribution in [-0.4, -0.2) is 10.2 Å². The van der Waals surface area contributed by atoms with Gasteiger partial charge >= 0.3 is 0 Å². The highest BCUT2D eigenvalue weighted by atomic mass is 16.3. The van der Waals surface area contributed by atoms with Gasteiger partial charge in [0.05, 0.1) is 11.5 Å². The molecule has 0 atom stereocenters. The fourth-order valence-electron chi connectivity index (χ4n) is 0.658. The number of aliphatic hydroxyl groups is 2. The molecule has 0 aliphatic rings. The number of allylic oxidation sites excluding steroid dienone is 2. The molecule has 0 unspecified atom stereocenters. The lowest BCUT2D eigenvalue weighted by molar-refractivity contribution is 0.367. The topological polar surface area (TPSA) is 40.5 Å². The van der Waals surface area contributed by atoms with Gasteiger partial charge in [-0.2, -0.15) is 0 Å².